The van der Waals surface area contributed by atoms with Crippen molar-refractivity contribution in [2.24, 2.45) is 0 Å². The molecule has 0 saturated heterocycles. The van der Waals surface area contributed by atoms with Crippen molar-refractivity contribution in [1.29, 1.82) is 0 Å². The highest BCUT2D eigenvalue weighted by Crippen LogP contribution is 2.33. The van der Waals surface area contributed by atoms with Crippen LogP contribution in [0.3, 0.4) is 0 Å². The summed E-state index contributed by atoms with van der Waals surface area (Å²) < 4.78 is 12.3. The van der Waals surface area contributed by atoms with E-state index in [1.165, 1.54) is 12.1 Å². The van der Waals surface area contributed by atoms with Gasteiger partial charge in [-0.2, -0.15) is 0 Å². The lowest BCUT2D eigenvalue weighted by Gasteiger charge is -2.23. The van der Waals surface area contributed by atoms with Crippen LogP contribution in [-0.2, 0) is 6.42 Å². The van der Waals surface area contributed by atoms with Crippen LogP contribution < -0.4 is 4.74 Å². The van der Waals surface area contributed by atoms with Crippen LogP contribution in [0.5, 0.6) is 5.75 Å². The number of rotatable bonds is 4. The maximum absolute atomic E-state index is 10.8. The van der Waals surface area contributed by atoms with Gasteiger partial charge in [-0.1, -0.05) is 24.0 Å². The summed E-state index contributed by atoms with van der Waals surface area (Å²) in [5.41, 5.74) is 2.06. The van der Waals surface area contributed by atoms with Gasteiger partial charge < -0.3 is 9.15 Å². The fourth-order valence-corrected chi connectivity index (χ4v) is 3.24. The average molecular weight is 365 g/mol. The van der Waals surface area contributed by atoms with Gasteiger partial charge in [0.15, 0.2) is 6.10 Å². The molecule has 0 spiro atoms. The van der Waals surface area contributed by atoms with Crippen molar-refractivity contribution >= 4 is 5.69 Å². The van der Waals surface area contributed by atoms with Crippen molar-refractivity contribution in [1.82, 2.24) is 0 Å². The van der Waals surface area contributed by atoms with Gasteiger partial charge in [0.25, 0.3) is 5.69 Å². The Morgan fingerprint density at radius 2 is 2.07 bits per heavy atom. The summed E-state index contributed by atoms with van der Waals surface area (Å²) in [5.74, 6) is 8.57. The third kappa shape index (κ3) is 4.40. The average Bonchev–Trinajstić information content (AvgIpc) is 2.95. The zero-order chi connectivity index (χ0) is 19.4. The van der Waals surface area contributed by atoms with Crippen LogP contribution in [-0.4, -0.2) is 11.0 Å². The first-order valence-electron chi connectivity index (χ1n) is 9.10. The maximum Gasteiger partial charge on any atom is 0.269 e. The molecule has 1 aliphatic heterocycles. The SMILES string of the molecule is C=C(C)[C@H]1c2cc(C)c(o2)CCCCC#C[C@@H]1Oc1ccc([N+](=O)[O-])cc1. The van der Waals surface area contributed by atoms with E-state index in [0.717, 1.165) is 48.3 Å². The molecule has 2 bridgehead atoms. The molecule has 140 valence electrons. The highest BCUT2D eigenvalue weighted by Gasteiger charge is 2.29. The molecule has 0 radical (unpaired) electrons. The Balaban J connectivity index is 1.96. The third-order valence-corrected chi connectivity index (χ3v) is 4.69. The van der Waals surface area contributed by atoms with Crippen molar-refractivity contribution in [3.05, 3.63) is 69.7 Å². The number of fused-ring (bicyclic) bond motifs is 2. The van der Waals surface area contributed by atoms with E-state index in [0.29, 0.717) is 5.75 Å². The van der Waals surface area contributed by atoms with Gasteiger partial charge in [0.1, 0.15) is 17.3 Å². The maximum atomic E-state index is 10.8. The first-order valence-corrected chi connectivity index (χ1v) is 9.10. The summed E-state index contributed by atoms with van der Waals surface area (Å²) in [6, 6.07) is 8.10. The van der Waals surface area contributed by atoms with Gasteiger partial charge in [0, 0.05) is 25.0 Å². The number of furan rings is 1. The third-order valence-electron chi connectivity index (χ3n) is 4.69. The molecular weight excluding hydrogens is 342 g/mol. The van der Waals surface area contributed by atoms with E-state index in [-0.39, 0.29) is 11.6 Å². The summed E-state index contributed by atoms with van der Waals surface area (Å²) in [6.45, 7) is 8.12. The zero-order valence-corrected chi connectivity index (χ0v) is 15.7. The van der Waals surface area contributed by atoms with Crippen molar-refractivity contribution < 1.29 is 14.1 Å². The molecular formula is C22H23NO4. The van der Waals surface area contributed by atoms with Crippen LogP contribution in [0.25, 0.3) is 0 Å². The number of aryl methyl sites for hydroxylation is 2. The summed E-state index contributed by atoms with van der Waals surface area (Å²) >= 11 is 0. The molecule has 2 atom stereocenters. The number of nitro groups is 1. The van der Waals surface area contributed by atoms with Gasteiger partial charge in [0.2, 0.25) is 0 Å². The Hall–Kier alpha value is -3.00. The van der Waals surface area contributed by atoms with E-state index >= 15 is 0 Å². The minimum absolute atomic E-state index is 0.0265. The van der Waals surface area contributed by atoms with Crippen molar-refractivity contribution in [2.45, 2.75) is 51.6 Å². The largest absolute Gasteiger partial charge is 0.477 e. The number of nitro benzene ring substituents is 1. The fourth-order valence-electron chi connectivity index (χ4n) is 3.24. The summed E-state index contributed by atoms with van der Waals surface area (Å²) in [4.78, 5) is 10.4. The van der Waals surface area contributed by atoms with Crippen molar-refractivity contribution in [2.75, 3.05) is 0 Å². The minimum Gasteiger partial charge on any atom is -0.477 e. The van der Waals surface area contributed by atoms with Crippen LogP contribution in [0.15, 0.2) is 46.9 Å². The number of hydrogen-bond acceptors (Lipinski definition) is 4. The zero-order valence-electron chi connectivity index (χ0n) is 15.7. The van der Waals surface area contributed by atoms with Crippen LogP contribution in [0, 0.1) is 28.9 Å². The quantitative estimate of drug-likeness (QED) is 0.318. The fraction of sp³-hybridized carbons (Fsp3) is 0.364. The van der Waals surface area contributed by atoms with Gasteiger partial charge in [0.05, 0.1) is 10.8 Å². The molecule has 2 aromatic rings. The predicted molar refractivity (Wildman–Crippen MR) is 104 cm³/mol. The van der Waals surface area contributed by atoms with Crippen molar-refractivity contribution in [3.8, 4) is 17.6 Å². The number of ether oxygens (including phenoxy) is 1. The molecule has 0 amide bonds. The molecule has 0 unspecified atom stereocenters. The Kier molecular flexibility index (Phi) is 5.66. The Bertz CT molecular complexity index is 899. The number of hydrogen-bond donors (Lipinski definition) is 0. The summed E-state index contributed by atoms with van der Waals surface area (Å²) in [5, 5.41) is 10.8. The van der Waals surface area contributed by atoms with E-state index in [2.05, 4.69) is 25.3 Å². The van der Waals surface area contributed by atoms with E-state index in [4.69, 9.17) is 9.15 Å². The Morgan fingerprint density at radius 3 is 2.74 bits per heavy atom. The standard InChI is InChI=1S/C22H23NO4/c1-15(2)22-20(26-18-12-10-17(11-13-18)23(24)25)9-7-5-4-6-8-19-16(3)14-21(22)27-19/h10-14,20,22H,1,4-6,8H2,2-3H3/t20-,22+/m0/s1. The highest BCUT2D eigenvalue weighted by atomic mass is 16.6. The van der Waals surface area contributed by atoms with Gasteiger partial charge in [-0.3, -0.25) is 10.1 Å². The molecule has 1 aromatic carbocycles. The second kappa shape index (κ2) is 8.13. The lowest BCUT2D eigenvalue weighted by molar-refractivity contribution is -0.384. The molecule has 3 rings (SSSR count). The van der Waals surface area contributed by atoms with Gasteiger partial charge in [-0.15, -0.1) is 0 Å². The van der Waals surface area contributed by atoms with Crippen LogP contribution in [0.1, 0.15) is 49.2 Å². The predicted octanol–water partition coefficient (Wildman–Crippen LogP) is 5.33. The topological polar surface area (TPSA) is 65.5 Å². The van der Waals surface area contributed by atoms with Gasteiger partial charge >= 0.3 is 0 Å². The number of non-ortho nitro benzene ring substituents is 1. The summed E-state index contributed by atoms with van der Waals surface area (Å²) in [7, 11) is 0. The lowest BCUT2D eigenvalue weighted by atomic mass is 9.92. The molecule has 0 N–H and O–H groups in total. The second-order valence-corrected chi connectivity index (χ2v) is 6.90. The monoisotopic (exact) mass is 365 g/mol. The van der Waals surface area contributed by atoms with E-state index in [9.17, 15) is 10.1 Å². The molecule has 27 heavy (non-hydrogen) atoms. The molecule has 1 aromatic heterocycles. The van der Waals surface area contributed by atoms with Gasteiger partial charge in [-0.05, 0) is 50.5 Å². The van der Waals surface area contributed by atoms with Crippen LogP contribution in [0.2, 0.25) is 0 Å². The second-order valence-electron chi connectivity index (χ2n) is 6.90. The Labute approximate surface area is 159 Å². The van der Waals surface area contributed by atoms with Crippen LogP contribution in [0.4, 0.5) is 5.69 Å². The molecule has 0 aliphatic carbocycles. The molecule has 0 fully saturated rings. The normalized spacial score (nSPS) is 19.3. The summed E-state index contributed by atoms with van der Waals surface area (Å²) in [6.07, 6.45) is 3.28. The molecule has 5 heteroatoms. The number of benzene rings is 1. The Morgan fingerprint density at radius 1 is 1.33 bits per heavy atom. The first kappa shape index (κ1) is 18.8. The van der Waals surface area contributed by atoms with Crippen LogP contribution >= 0.6 is 0 Å². The minimum atomic E-state index is -0.472. The molecule has 2 heterocycles. The van der Waals surface area contributed by atoms with E-state index in [1.54, 1.807) is 12.1 Å². The molecule has 1 aliphatic rings. The van der Waals surface area contributed by atoms with E-state index in [1.807, 2.05) is 13.0 Å². The first-order chi connectivity index (χ1) is 13.0. The number of nitrogens with zero attached hydrogens (tertiary/aromatic N) is 1. The highest BCUT2D eigenvalue weighted by molar-refractivity contribution is 5.38. The molecule has 0 saturated carbocycles. The van der Waals surface area contributed by atoms with E-state index < -0.39 is 11.0 Å². The smallest absolute Gasteiger partial charge is 0.269 e. The lowest BCUT2D eigenvalue weighted by Crippen LogP contribution is -2.24. The van der Waals surface area contributed by atoms with Crippen molar-refractivity contribution in [3.63, 3.8) is 0 Å². The molecule has 5 nitrogen and oxygen atoms in total. The van der Waals surface area contributed by atoms with Gasteiger partial charge in [-0.25, -0.2) is 0 Å².